The first kappa shape index (κ1) is 12.3. The molecular formula is C11H8Cl4Si2. The van der Waals surface area contributed by atoms with Gasteiger partial charge in [-0.25, -0.2) is 0 Å². The summed E-state index contributed by atoms with van der Waals surface area (Å²) in [5, 5.41) is 4.32. The van der Waals surface area contributed by atoms with Gasteiger partial charge in [-0.05, 0) is 26.8 Å². The van der Waals surface area contributed by atoms with E-state index in [9.17, 15) is 0 Å². The van der Waals surface area contributed by atoms with Crippen molar-refractivity contribution in [1.82, 2.24) is 0 Å². The minimum absolute atomic E-state index is 0.558. The molecule has 0 radical (unpaired) electrons. The Labute approximate surface area is 120 Å². The third kappa shape index (κ3) is 1.86. The van der Waals surface area contributed by atoms with Crippen LogP contribution in [0.4, 0.5) is 0 Å². The van der Waals surface area contributed by atoms with Crippen molar-refractivity contribution >= 4 is 78.8 Å². The van der Waals surface area contributed by atoms with E-state index in [1.807, 2.05) is 36.4 Å². The summed E-state index contributed by atoms with van der Waals surface area (Å²) in [5.74, 6) is 0. The van der Waals surface area contributed by atoms with Crippen LogP contribution in [-0.2, 0) is 0 Å². The van der Waals surface area contributed by atoms with Gasteiger partial charge >= 0.3 is 0 Å². The number of benzene rings is 2. The average molecular weight is 338 g/mol. The molecule has 0 saturated carbocycles. The first-order valence-electron chi connectivity index (χ1n) is 5.20. The van der Waals surface area contributed by atoms with Crippen LogP contribution in [0.3, 0.4) is 0 Å². The predicted molar refractivity (Wildman–Crippen MR) is 82.9 cm³/mol. The van der Waals surface area contributed by atoms with Crippen LogP contribution in [0.25, 0.3) is 10.8 Å². The van der Waals surface area contributed by atoms with Gasteiger partial charge in [0.2, 0.25) is 0 Å². The summed E-state index contributed by atoms with van der Waals surface area (Å²) >= 11 is 26.1. The summed E-state index contributed by atoms with van der Waals surface area (Å²) in [6, 6.07) is 12.1. The zero-order valence-corrected chi connectivity index (χ0v) is 13.7. The molecule has 0 atom stereocenters. The summed E-state index contributed by atoms with van der Waals surface area (Å²) in [4.78, 5) is 0. The molecule has 0 nitrogen and oxygen atoms in total. The van der Waals surface area contributed by atoms with Gasteiger partial charge in [0.05, 0.1) is 0 Å². The summed E-state index contributed by atoms with van der Waals surface area (Å²) in [6.07, 6.45) is 0. The molecule has 2 aromatic carbocycles. The first-order chi connectivity index (χ1) is 7.92. The van der Waals surface area contributed by atoms with E-state index < -0.39 is 13.4 Å². The van der Waals surface area contributed by atoms with Crippen molar-refractivity contribution in [2.75, 3.05) is 0 Å². The van der Waals surface area contributed by atoms with E-state index in [1.165, 1.54) is 0 Å². The minimum Gasteiger partial charge on any atom is -0.140 e. The molecule has 0 bridgehead atoms. The molecule has 1 heterocycles. The fourth-order valence-corrected chi connectivity index (χ4v) is 19.8. The Bertz CT molecular complexity index is 561. The summed E-state index contributed by atoms with van der Waals surface area (Å²) in [7, 11) is 0. The summed E-state index contributed by atoms with van der Waals surface area (Å²) in [6.45, 7) is -5.07. The van der Waals surface area contributed by atoms with E-state index in [4.69, 9.17) is 44.3 Å². The number of rotatable bonds is 0. The van der Waals surface area contributed by atoms with Gasteiger partial charge in [0.15, 0.2) is 0 Å². The van der Waals surface area contributed by atoms with Gasteiger partial charge in [-0.1, -0.05) is 36.4 Å². The van der Waals surface area contributed by atoms with Crippen LogP contribution in [-0.4, -0.2) is 13.4 Å². The molecule has 3 rings (SSSR count). The second kappa shape index (κ2) is 3.89. The highest BCUT2D eigenvalue weighted by atomic mass is 35.7. The molecule has 0 amide bonds. The van der Waals surface area contributed by atoms with Gasteiger partial charge in [-0.3, -0.25) is 0 Å². The topological polar surface area (TPSA) is 0 Å². The molecular weight excluding hydrogens is 330 g/mol. The van der Waals surface area contributed by atoms with Crippen molar-refractivity contribution < 1.29 is 0 Å². The van der Waals surface area contributed by atoms with Crippen LogP contribution in [0.5, 0.6) is 0 Å². The molecule has 0 saturated heterocycles. The highest BCUT2D eigenvalue weighted by Gasteiger charge is 2.49. The van der Waals surface area contributed by atoms with Crippen molar-refractivity contribution in [3.63, 3.8) is 0 Å². The number of halogens is 4. The Kier molecular flexibility index (Phi) is 2.82. The Balaban J connectivity index is 2.50. The number of hydrogen-bond acceptors (Lipinski definition) is 0. The minimum atomic E-state index is -2.53. The normalized spacial score (nSPS) is 20.5. The molecule has 0 unspecified atom stereocenters. The molecule has 88 valence electrons. The third-order valence-electron chi connectivity index (χ3n) is 3.14. The van der Waals surface area contributed by atoms with Crippen molar-refractivity contribution in [2.45, 2.75) is 5.67 Å². The van der Waals surface area contributed by atoms with Gasteiger partial charge in [0, 0.05) is 0 Å². The average Bonchev–Trinajstić information content (AvgIpc) is 2.24. The van der Waals surface area contributed by atoms with Gasteiger partial charge < -0.3 is 0 Å². The molecule has 0 N–H and O–H groups in total. The maximum atomic E-state index is 6.52. The van der Waals surface area contributed by atoms with Crippen molar-refractivity contribution in [3.8, 4) is 0 Å². The molecule has 0 aliphatic carbocycles. The van der Waals surface area contributed by atoms with Gasteiger partial charge in [0.25, 0.3) is 13.4 Å². The van der Waals surface area contributed by atoms with Gasteiger partial charge in [0.1, 0.15) is 0 Å². The Morgan fingerprint density at radius 3 is 1.71 bits per heavy atom. The lowest BCUT2D eigenvalue weighted by molar-refractivity contribution is 1.75. The standard InChI is InChI=1S/C11H8Cl4Si2/c12-16(13)7-17(14,15)10-6-2-4-8-3-1-5-9(16)11(8)10/h1-6H,7H2. The molecule has 1 aliphatic rings. The lowest BCUT2D eigenvalue weighted by atomic mass is 10.1. The maximum Gasteiger partial charge on any atom is 0.281 e. The second-order valence-corrected chi connectivity index (χ2v) is 18.5. The van der Waals surface area contributed by atoms with Crippen LogP contribution in [0, 0.1) is 0 Å². The van der Waals surface area contributed by atoms with E-state index >= 15 is 0 Å². The zero-order valence-electron chi connectivity index (χ0n) is 8.68. The fourth-order valence-electron chi connectivity index (χ4n) is 2.42. The Hall–Kier alpha value is 0.294. The lowest BCUT2D eigenvalue weighted by Gasteiger charge is -2.32. The molecule has 2 aromatic rings. The van der Waals surface area contributed by atoms with Crippen LogP contribution in [0.15, 0.2) is 36.4 Å². The maximum absolute atomic E-state index is 6.52. The van der Waals surface area contributed by atoms with Crippen LogP contribution in [0.1, 0.15) is 0 Å². The largest absolute Gasteiger partial charge is 0.281 e. The molecule has 17 heavy (non-hydrogen) atoms. The molecule has 6 heteroatoms. The van der Waals surface area contributed by atoms with E-state index in [2.05, 4.69) is 0 Å². The van der Waals surface area contributed by atoms with Crippen molar-refractivity contribution in [2.24, 2.45) is 0 Å². The zero-order chi connectivity index (χ0) is 12.3. The van der Waals surface area contributed by atoms with Crippen LogP contribution in [0.2, 0.25) is 5.67 Å². The first-order valence-corrected chi connectivity index (χ1v) is 13.7. The fraction of sp³-hybridized carbons (Fsp3) is 0.0909. The lowest BCUT2D eigenvalue weighted by Crippen LogP contribution is -2.55. The van der Waals surface area contributed by atoms with E-state index in [0.717, 1.165) is 21.1 Å². The molecule has 0 spiro atoms. The van der Waals surface area contributed by atoms with Crippen LogP contribution < -0.4 is 10.4 Å². The molecule has 1 aliphatic heterocycles. The second-order valence-electron chi connectivity index (χ2n) is 4.29. The van der Waals surface area contributed by atoms with Crippen molar-refractivity contribution in [1.29, 1.82) is 0 Å². The summed E-state index contributed by atoms with van der Waals surface area (Å²) < 4.78 is 0. The van der Waals surface area contributed by atoms with Gasteiger partial charge in [-0.2, -0.15) is 0 Å². The smallest absolute Gasteiger partial charge is 0.140 e. The van der Waals surface area contributed by atoms with E-state index in [-0.39, 0.29) is 0 Å². The Morgan fingerprint density at radius 2 is 1.24 bits per heavy atom. The molecule has 0 aromatic heterocycles. The number of hydrogen-bond donors (Lipinski definition) is 0. The Morgan fingerprint density at radius 1 is 0.765 bits per heavy atom. The SMILES string of the molecule is Cl[Si]1(Cl)C[Si](Cl)(Cl)c2cccc3cccc1c23. The van der Waals surface area contributed by atoms with Crippen molar-refractivity contribution in [3.05, 3.63) is 36.4 Å². The highest BCUT2D eigenvalue weighted by Crippen LogP contribution is 2.37. The van der Waals surface area contributed by atoms with E-state index in [0.29, 0.717) is 5.67 Å². The predicted octanol–water partition coefficient (Wildman–Crippen LogP) is 3.65. The molecule has 0 fully saturated rings. The van der Waals surface area contributed by atoms with Gasteiger partial charge in [-0.15, -0.1) is 44.3 Å². The van der Waals surface area contributed by atoms with E-state index in [1.54, 1.807) is 0 Å². The quantitative estimate of drug-likeness (QED) is 0.508. The summed E-state index contributed by atoms with van der Waals surface area (Å²) in [5.41, 5.74) is 0.558. The third-order valence-corrected chi connectivity index (χ3v) is 16.4. The monoisotopic (exact) mass is 336 g/mol. The highest BCUT2D eigenvalue weighted by molar-refractivity contribution is 7.63. The van der Waals surface area contributed by atoms with Crippen LogP contribution >= 0.6 is 44.3 Å².